The number of halogens is 1. The molecule has 120 valence electrons. The number of carbonyl (C=O) groups is 2. The Kier molecular flexibility index (Phi) is 6.40. The van der Waals surface area contributed by atoms with E-state index >= 15 is 0 Å². The molecule has 0 saturated heterocycles. The number of hydrogen-bond acceptors (Lipinski definition) is 3. The van der Waals surface area contributed by atoms with Crippen molar-refractivity contribution in [1.29, 1.82) is 0 Å². The van der Waals surface area contributed by atoms with Crippen molar-refractivity contribution in [2.45, 2.75) is 19.5 Å². The predicted molar refractivity (Wildman–Crippen MR) is 99.1 cm³/mol. The van der Waals surface area contributed by atoms with Crippen molar-refractivity contribution in [3.8, 4) is 0 Å². The van der Waals surface area contributed by atoms with Gasteiger partial charge in [0.25, 0.3) is 0 Å². The smallest absolute Gasteiger partial charge is 0.321 e. The second kappa shape index (κ2) is 8.52. The highest BCUT2D eigenvalue weighted by molar-refractivity contribution is 14.1. The van der Waals surface area contributed by atoms with Gasteiger partial charge in [-0.2, -0.15) is 0 Å². The normalized spacial score (nSPS) is 11.4. The highest BCUT2D eigenvalue weighted by Crippen LogP contribution is 2.13. The average Bonchev–Trinajstić information content (AvgIpc) is 2.54. The number of benzene rings is 2. The first-order valence-electron chi connectivity index (χ1n) is 7.19. The summed E-state index contributed by atoms with van der Waals surface area (Å²) in [4.78, 5) is 23.8. The van der Waals surface area contributed by atoms with Gasteiger partial charge >= 0.3 is 6.03 Å². The SMILES string of the molecule is CC(Nc1cccc(I)c1)C(=O)NC(=O)NCc1ccccc1. The fourth-order valence-electron chi connectivity index (χ4n) is 1.94. The van der Waals surface area contributed by atoms with Crippen LogP contribution in [0.15, 0.2) is 54.6 Å². The third-order valence-corrected chi connectivity index (χ3v) is 3.80. The zero-order valence-electron chi connectivity index (χ0n) is 12.7. The number of hydrogen-bond donors (Lipinski definition) is 3. The zero-order valence-corrected chi connectivity index (χ0v) is 14.8. The van der Waals surface area contributed by atoms with Gasteiger partial charge in [0.1, 0.15) is 6.04 Å². The summed E-state index contributed by atoms with van der Waals surface area (Å²) in [6.07, 6.45) is 0. The first-order chi connectivity index (χ1) is 11.0. The predicted octanol–water partition coefficient (Wildman–Crippen LogP) is 3.12. The average molecular weight is 423 g/mol. The van der Waals surface area contributed by atoms with Crippen molar-refractivity contribution in [2.75, 3.05) is 5.32 Å². The molecule has 6 heteroatoms. The van der Waals surface area contributed by atoms with Gasteiger partial charge in [-0.3, -0.25) is 10.1 Å². The second-order valence-corrected chi connectivity index (χ2v) is 6.28. The molecule has 2 rings (SSSR count). The fraction of sp³-hybridized carbons (Fsp3) is 0.176. The maximum absolute atomic E-state index is 12.0. The Hall–Kier alpha value is -2.09. The summed E-state index contributed by atoms with van der Waals surface area (Å²) < 4.78 is 1.07. The van der Waals surface area contributed by atoms with Gasteiger partial charge in [0.2, 0.25) is 5.91 Å². The molecule has 1 unspecified atom stereocenters. The summed E-state index contributed by atoms with van der Waals surface area (Å²) in [5.41, 5.74) is 1.81. The van der Waals surface area contributed by atoms with E-state index in [1.54, 1.807) is 6.92 Å². The van der Waals surface area contributed by atoms with E-state index in [1.165, 1.54) is 0 Å². The van der Waals surface area contributed by atoms with Crippen LogP contribution in [0, 0.1) is 3.57 Å². The number of imide groups is 1. The van der Waals surface area contributed by atoms with E-state index in [0.717, 1.165) is 14.8 Å². The zero-order chi connectivity index (χ0) is 16.7. The molecule has 0 aromatic heterocycles. The van der Waals surface area contributed by atoms with Crippen LogP contribution in [0.25, 0.3) is 0 Å². The van der Waals surface area contributed by atoms with Crippen LogP contribution >= 0.6 is 22.6 Å². The van der Waals surface area contributed by atoms with Crippen molar-refractivity contribution in [3.05, 3.63) is 63.7 Å². The molecule has 0 heterocycles. The minimum absolute atomic E-state index is 0.374. The Bertz CT molecular complexity index is 677. The number of anilines is 1. The number of urea groups is 1. The molecule has 0 saturated carbocycles. The maximum atomic E-state index is 12.0. The monoisotopic (exact) mass is 423 g/mol. The van der Waals surface area contributed by atoms with Crippen molar-refractivity contribution < 1.29 is 9.59 Å². The maximum Gasteiger partial charge on any atom is 0.321 e. The van der Waals surface area contributed by atoms with Gasteiger partial charge in [-0.05, 0) is 53.3 Å². The standard InChI is InChI=1S/C17H18IN3O2/c1-12(20-15-9-5-8-14(18)10-15)16(22)21-17(23)19-11-13-6-3-2-4-7-13/h2-10,12,20H,11H2,1H3,(H2,19,21,22,23). The number of carbonyl (C=O) groups excluding carboxylic acids is 2. The minimum Gasteiger partial charge on any atom is -0.374 e. The number of amides is 3. The molecule has 0 aliphatic rings. The van der Waals surface area contributed by atoms with Gasteiger partial charge in [0.15, 0.2) is 0 Å². The molecule has 0 fully saturated rings. The third-order valence-electron chi connectivity index (χ3n) is 3.13. The van der Waals surface area contributed by atoms with E-state index in [4.69, 9.17) is 0 Å². The first kappa shape index (κ1) is 17.3. The van der Waals surface area contributed by atoms with Crippen LogP contribution in [-0.2, 0) is 11.3 Å². The summed E-state index contributed by atoms with van der Waals surface area (Å²) in [5.74, 6) is -0.380. The molecule has 23 heavy (non-hydrogen) atoms. The Labute approximate surface area is 149 Å². The number of nitrogens with one attached hydrogen (secondary N) is 3. The third kappa shape index (κ3) is 5.90. The van der Waals surface area contributed by atoms with Crippen LogP contribution in [0.3, 0.4) is 0 Å². The van der Waals surface area contributed by atoms with E-state index < -0.39 is 12.1 Å². The van der Waals surface area contributed by atoms with E-state index in [1.807, 2.05) is 54.6 Å². The molecule has 0 radical (unpaired) electrons. The molecule has 1 atom stereocenters. The van der Waals surface area contributed by atoms with Crippen molar-refractivity contribution >= 4 is 40.2 Å². The summed E-state index contributed by atoms with van der Waals surface area (Å²) in [7, 11) is 0. The van der Waals surface area contributed by atoms with E-state index in [9.17, 15) is 9.59 Å². The highest BCUT2D eigenvalue weighted by Gasteiger charge is 2.15. The largest absolute Gasteiger partial charge is 0.374 e. The van der Waals surface area contributed by atoms with Crippen molar-refractivity contribution in [2.24, 2.45) is 0 Å². The fourth-order valence-corrected chi connectivity index (χ4v) is 2.48. The van der Waals surface area contributed by atoms with Gasteiger partial charge in [-0.15, -0.1) is 0 Å². The molecule has 0 spiro atoms. The van der Waals surface area contributed by atoms with Crippen LogP contribution in [-0.4, -0.2) is 18.0 Å². The van der Waals surface area contributed by atoms with Crippen LogP contribution in [0.1, 0.15) is 12.5 Å². The van der Waals surface area contributed by atoms with Gasteiger partial charge < -0.3 is 10.6 Å². The minimum atomic E-state index is -0.518. The van der Waals surface area contributed by atoms with E-state index in [2.05, 4.69) is 38.5 Å². The van der Waals surface area contributed by atoms with Gasteiger partial charge in [0, 0.05) is 15.8 Å². The molecule has 3 amide bonds. The number of rotatable bonds is 5. The van der Waals surface area contributed by atoms with Crippen molar-refractivity contribution in [3.63, 3.8) is 0 Å². The summed E-state index contributed by atoms with van der Waals surface area (Å²) in [6.45, 7) is 2.08. The molecule has 2 aromatic rings. The lowest BCUT2D eigenvalue weighted by Crippen LogP contribution is -2.45. The molecule has 2 aromatic carbocycles. The Morgan fingerprint density at radius 3 is 2.52 bits per heavy atom. The summed E-state index contributed by atoms with van der Waals surface area (Å²) in [6, 6.07) is 16.2. The van der Waals surface area contributed by atoms with E-state index in [0.29, 0.717) is 6.54 Å². The molecule has 3 N–H and O–H groups in total. The molecule has 0 aliphatic heterocycles. The van der Waals surface area contributed by atoms with Gasteiger partial charge in [0.05, 0.1) is 0 Å². The molecule has 0 bridgehead atoms. The van der Waals surface area contributed by atoms with Crippen molar-refractivity contribution in [1.82, 2.24) is 10.6 Å². The van der Waals surface area contributed by atoms with Gasteiger partial charge in [-0.25, -0.2) is 4.79 Å². The lowest BCUT2D eigenvalue weighted by atomic mass is 10.2. The van der Waals surface area contributed by atoms with Gasteiger partial charge in [-0.1, -0.05) is 36.4 Å². The highest BCUT2D eigenvalue weighted by atomic mass is 127. The molecular weight excluding hydrogens is 405 g/mol. The van der Waals surface area contributed by atoms with E-state index in [-0.39, 0.29) is 5.91 Å². The summed E-state index contributed by atoms with van der Waals surface area (Å²) in [5, 5.41) is 8.05. The second-order valence-electron chi connectivity index (χ2n) is 5.03. The molecular formula is C17H18IN3O2. The van der Waals surface area contributed by atoms with Crippen LogP contribution in [0.4, 0.5) is 10.5 Å². The Morgan fingerprint density at radius 1 is 1.09 bits per heavy atom. The van der Waals surface area contributed by atoms with Crippen LogP contribution < -0.4 is 16.0 Å². The quantitative estimate of drug-likeness (QED) is 0.648. The molecule has 0 aliphatic carbocycles. The Balaban J connectivity index is 1.79. The van der Waals surface area contributed by atoms with Crippen LogP contribution in [0.5, 0.6) is 0 Å². The summed E-state index contributed by atoms with van der Waals surface area (Å²) >= 11 is 2.20. The first-order valence-corrected chi connectivity index (χ1v) is 8.27. The van der Waals surface area contributed by atoms with Crippen LogP contribution in [0.2, 0.25) is 0 Å². The lowest BCUT2D eigenvalue weighted by molar-refractivity contribution is -0.120. The topological polar surface area (TPSA) is 70.2 Å². The Morgan fingerprint density at radius 2 is 1.83 bits per heavy atom. The molecule has 5 nitrogen and oxygen atoms in total. The lowest BCUT2D eigenvalue weighted by Gasteiger charge is -2.15.